The van der Waals surface area contributed by atoms with Crippen LogP contribution in [0.3, 0.4) is 0 Å². The topological polar surface area (TPSA) is 67.4 Å². The first-order valence-electron chi connectivity index (χ1n) is 11.7. The summed E-state index contributed by atoms with van der Waals surface area (Å²) in [5, 5.41) is 5.69. The van der Waals surface area contributed by atoms with Gasteiger partial charge in [-0.15, -0.1) is 0 Å². The van der Waals surface area contributed by atoms with E-state index in [0.29, 0.717) is 28.6 Å². The predicted molar refractivity (Wildman–Crippen MR) is 139 cm³/mol. The van der Waals surface area contributed by atoms with Crippen LogP contribution in [0.5, 0.6) is 5.75 Å². The molecule has 0 radical (unpaired) electrons. The Labute approximate surface area is 202 Å². The van der Waals surface area contributed by atoms with Crippen LogP contribution in [0.15, 0.2) is 72.8 Å². The number of hydrogen-bond donors (Lipinski definition) is 2. The van der Waals surface area contributed by atoms with Crippen molar-refractivity contribution in [2.24, 2.45) is 0 Å². The van der Waals surface area contributed by atoms with E-state index in [9.17, 15) is 9.59 Å². The highest BCUT2D eigenvalue weighted by molar-refractivity contribution is 6.04. The van der Waals surface area contributed by atoms with Gasteiger partial charge in [0.05, 0.1) is 0 Å². The maximum atomic E-state index is 12.5. The molecule has 0 aliphatic carbocycles. The molecule has 0 spiro atoms. The molecule has 5 nitrogen and oxygen atoms in total. The van der Waals surface area contributed by atoms with Gasteiger partial charge in [0.1, 0.15) is 5.75 Å². The highest BCUT2D eigenvalue weighted by Crippen LogP contribution is 2.23. The number of amides is 2. The third kappa shape index (κ3) is 6.95. The summed E-state index contributed by atoms with van der Waals surface area (Å²) in [4.78, 5) is 24.8. The van der Waals surface area contributed by atoms with Gasteiger partial charge in [-0.2, -0.15) is 0 Å². The van der Waals surface area contributed by atoms with Gasteiger partial charge in [-0.3, -0.25) is 9.59 Å². The summed E-state index contributed by atoms with van der Waals surface area (Å²) >= 11 is 0. The van der Waals surface area contributed by atoms with Crippen molar-refractivity contribution in [3.63, 3.8) is 0 Å². The fourth-order valence-corrected chi connectivity index (χ4v) is 3.44. The molecule has 0 aliphatic heterocycles. The van der Waals surface area contributed by atoms with Gasteiger partial charge in [0.25, 0.3) is 11.8 Å². The van der Waals surface area contributed by atoms with Gasteiger partial charge in [-0.25, -0.2) is 0 Å². The first kappa shape index (κ1) is 25.0. The van der Waals surface area contributed by atoms with Crippen LogP contribution in [0.2, 0.25) is 0 Å². The molecule has 0 aliphatic rings. The zero-order valence-electron chi connectivity index (χ0n) is 20.6. The number of nitrogens with one attached hydrogen (secondary N) is 2. The van der Waals surface area contributed by atoms with Gasteiger partial charge >= 0.3 is 0 Å². The lowest BCUT2D eigenvalue weighted by Gasteiger charge is -2.19. The average Bonchev–Trinajstić information content (AvgIpc) is 2.83. The van der Waals surface area contributed by atoms with Crippen molar-refractivity contribution in [1.29, 1.82) is 0 Å². The average molecular weight is 459 g/mol. The number of rotatable bonds is 8. The first-order chi connectivity index (χ1) is 16.2. The summed E-state index contributed by atoms with van der Waals surface area (Å²) in [6.45, 7) is 10.7. The Morgan fingerprint density at radius 3 is 1.91 bits per heavy atom. The summed E-state index contributed by atoms with van der Waals surface area (Å²) in [7, 11) is 0. The number of carbonyl (C=O) groups excluding carboxylic acids is 2. The van der Waals surface area contributed by atoms with Crippen molar-refractivity contribution in [3.8, 4) is 5.75 Å². The van der Waals surface area contributed by atoms with E-state index in [0.717, 1.165) is 6.42 Å². The van der Waals surface area contributed by atoms with E-state index in [1.807, 2.05) is 48.5 Å². The van der Waals surface area contributed by atoms with Crippen LogP contribution >= 0.6 is 0 Å². The lowest BCUT2D eigenvalue weighted by molar-refractivity contribution is -0.118. The Bertz CT molecular complexity index is 1100. The predicted octanol–water partition coefficient (Wildman–Crippen LogP) is 6.77. The molecule has 0 fully saturated rings. The van der Waals surface area contributed by atoms with E-state index in [2.05, 4.69) is 45.3 Å². The molecule has 34 heavy (non-hydrogen) atoms. The molecule has 1 atom stereocenters. The zero-order chi connectivity index (χ0) is 24.7. The Hall–Kier alpha value is -3.60. The lowest BCUT2D eigenvalue weighted by Crippen LogP contribution is -2.20. The van der Waals surface area contributed by atoms with Gasteiger partial charge in [-0.05, 0) is 77.4 Å². The van der Waals surface area contributed by atoms with Crippen molar-refractivity contribution in [3.05, 3.63) is 89.5 Å². The van der Waals surface area contributed by atoms with Crippen molar-refractivity contribution in [2.45, 2.75) is 52.4 Å². The second kappa shape index (κ2) is 11.0. The van der Waals surface area contributed by atoms with Crippen LogP contribution in [0.4, 0.5) is 11.4 Å². The summed E-state index contributed by atoms with van der Waals surface area (Å²) in [5.74, 6) is 0.738. The lowest BCUT2D eigenvalue weighted by atomic mass is 9.87. The maximum absolute atomic E-state index is 12.5. The molecule has 3 aromatic carbocycles. The summed E-state index contributed by atoms with van der Waals surface area (Å²) in [5.41, 5.74) is 4.36. The summed E-state index contributed by atoms with van der Waals surface area (Å²) < 4.78 is 5.59. The van der Waals surface area contributed by atoms with E-state index in [4.69, 9.17) is 4.74 Å². The molecule has 3 rings (SSSR count). The first-order valence-corrected chi connectivity index (χ1v) is 11.7. The Morgan fingerprint density at radius 1 is 0.824 bits per heavy atom. The molecule has 0 bridgehead atoms. The van der Waals surface area contributed by atoms with E-state index in [1.165, 1.54) is 11.1 Å². The molecule has 178 valence electrons. The summed E-state index contributed by atoms with van der Waals surface area (Å²) in [6, 6.07) is 22.5. The normalized spacial score (nSPS) is 12.0. The van der Waals surface area contributed by atoms with E-state index in [-0.39, 0.29) is 23.8 Å². The third-order valence-corrected chi connectivity index (χ3v) is 5.87. The third-order valence-electron chi connectivity index (χ3n) is 5.87. The van der Waals surface area contributed by atoms with E-state index >= 15 is 0 Å². The van der Waals surface area contributed by atoms with E-state index in [1.54, 1.807) is 24.3 Å². The molecule has 2 amide bonds. The van der Waals surface area contributed by atoms with Crippen molar-refractivity contribution in [1.82, 2.24) is 0 Å². The number of anilines is 2. The van der Waals surface area contributed by atoms with Crippen molar-refractivity contribution < 1.29 is 14.3 Å². The minimum absolute atomic E-state index is 0.0400. The zero-order valence-corrected chi connectivity index (χ0v) is 20.6. The Kier molecular flexibility index (Phi) is 8.11. The van der Waals surface area contributed by atoms with Crippen LogP contribution in [0.1, 0.15) is 68.4 Å². The molecule has 0 unspecified atom stereocenters. The van der Waals surface area contributed by atoms with Crippen LogP contribution in [0.25, 0.3) is 0 Å². The molecule has 3 aromatic rings. The van der Waals surface area contributed by atoms with Crippen LogP contribution in [-0.4, -0.2) is 18.4 Å². The Morgan fingerprint density at radius 2 is 1.38 bits per heavy atom. The number of hydrogen-bond acceptors (Lipinski definition) is 3. The minimum atomic E-state index is -0.248. The standard InChI is InChI=1S/C29H34N2O3/c1-6-20(2)21-9-17-26(18-10-21)34-19-27(32)30-24-13-15-25(16-14-24)31-28(33)22-7-11-23(12-8-22)29(3,4)5/h7-18,20H,6,19H2,1-5H3,(H,30,32)(H,31,33)/t20-/m1/s1. The molecule has 0 aromatic heterocycles. The molecule has 0 saturated heterocycles. The Balaban J connectivity index is 1.49. The smallest absolute Gasteiger partial charge is 0.262 e. The largest absolute Gasteiger partial charge is 0.484 e. The fraction of sp³-hybridized carbons (Fsp3) is 0.310. The van der Waals surface area contributed by atoms with Gasteiger partial charge in [-0.1, -0.05) is 58.9 Å². The monoisotopic (exact) mass is 458 g/mol. The second-order valence-corrected chi connectivity index (χ2v) is 9.57. The highest BCUT2D eigenvalue weighted by atomic mass is 16.5. The fourth-order valence-electron chi connectivity index (χ4n) is 3.44. The quantitative estimate of drug-likeness (QED) is 0.391. The molecule has 2 N–H and O–H groups in total. The molecule has 0 heterocycles. The van der Waals surface area contributed by atoms with Crippen LogP contribution < -0.4 is 15.4 Å². The molecule has 5 heteroatoms. The molecular formula is C29H34N2O3. The number of ether oxygens (including phenoxy) is 1. The maximum Gasteiger partial charge on any atom is 0.262 e. The summed E-state index contributed by atoms with van der Waals surface area (Å²) in [6.07, 6.45) is 1.08. The van der Waals surface area contributed by atoms with Crippen LogP contribution in [-0.2, 0) is 10.2 Å². The van der Waals surface area contributed by atoms with Gasteiger partial charge in [0.15, 0.2) is 6.61 Å². The highest BCUT2D eigenvalue weighted by Gasteiger charge is 2.14. The minimum Gasteiger partial charge on any atom is -0.484 e. The number of benzene rings is 3. The van der Waals surface area contributed by atoms with Crippen molar-refractivity contribution in [2.75, 3.05) is 17.2 Å². The SMILES string of the molecule is CC[C@@H](C)c1ccc(OCC(=O)Nc2ccc(NC(=O)c3ccc(C(C)(C)C)cc3)cc2)cc1. The molecule has 0 saturated carbocycles. The van der Waals surface area contributed by atoms with Crippen LogP contribution in [0, 0.1) is 0 Å². The van der Waals surface area contributed by atoms with Gasteiger partial charge in [0.2, 0.25) is 0 Å². The second-order valence-electron chi connectivity index (χ2n) is 9.57. The molecular weight excluding hydrogens is 424 g/mol. The van der Waals surface area contributed by atoms with E-state index < -0.39 is 0 Å². The van der Waals surface area contributed by atoms with Crippen molar-refractivity contribution >= 4 is 23.2 Å². The number of carbonyl (C=O) groups is 2. The van der Waals surface area contributed by atoms with Gasteiger partial charge in [0, 0.05) is 16.9 Å². The van der Waals surface area contributed by atoms with Gasteiger partial charge < -0.3 is 15.4 Å².